The number of carbonyl (C=O) groups excluding carboxylic acids is 2. The van der Waals surface area contributed by atoms with E-state index in [2.05, 4.69) is 10.1 Å². The number of nitrogens with one attached hydrogen (secondary N) is 1. The molecule has 0 saturated heterocycles. The van der Waals surface area contributed by atoms with Crippen molar-refractivity contribution in [3.63, 3.8) is 0 Å². The van der Waals surface area contributed by atoms with Gasteiger partial charge < -0.3 is 15.8 Å². The number of esters is 1. The Morgan fingerprint density at radius 2 is 2.22 bits per heavy atom. The molecular weight excluding hydrogens is 252 g/mol. The highest BCUT2D eigenvalue weighted by Crippen LogP contribution is 2.28. The fourth-order valence-electron chi connectivity index (χ4n) is 1.50. The van der Waals surface area contributed by atoms with Crippen molar-refractivity contribution in [2.75, 3.05) is 12.4 Å². The van der Waals surface area contributed by atoms with Crippen LogP contribution in [0.3, 0.4) is 0 Å². The molecule has 0 fully saturated rings. The molecule has 0 spiro atoms. The van der Waals surface area contributed by atoms with E-state index in [-0.39, 0.29) is 5.91 Å². The van der Waals surface area contributed by atoms with Crippen molar-refractivity contribution in [2.24, 2.45) is 5.73 Å². The molecule has 1 atom stereocenters. The van der Waals surface area contributed by atoms with E-state index in [4.69, 9.17) is 5.73 Å². The van der Waals surface area contributed by atoms with Gasteiger partial charge in [0.1, 0.15) is 4.88 Å². The van der Waals surface area contributed by atoms with Crippen molar-refractivity contribution in [2.45, 2.75) is 32.7 Å². The number of methoxy groups -OCH3 is 1. The number of rotatable bonds is 5. The van der Waals surface area contributed by atoms with Crippen molar-refractivity contribution in [1.29, 1.82) is 0 Å². The summed E-state index contributed by atoms with van der Waals surface area (Å²) in [6.45, 7) is 3.78. The van der Waals surface area contributed by atoms with Crippen LogP contribution in [0.4, 0.5) is 5.69 Å². The Hall–Kier alpha value is -1.40. The molecule has 1 amide bonds. The Labute approximate surface area is 110 Å². The zero-order valence-electron chi connectivity index (χ0n) is 10.8. The lowest BCUT2D eigenvalue weighted by Crippen LogP contribution is -2.35. The molecule has 0 aromatic carbocycles. The Morgan fingerprint density at radius 3 is 2.78 bits per heavy atom. The van der Waals surface area contributed by atoms with Gasteiger partial charge in [0.15, 0.2) is 0 Å². The second-order valence-corrected chi connectivity index (χ2v) is 4.88. The molecule has 0 bridgehead atoms. The molecule has 1 aromatic rings. The smallest absolute Gasteiger partial charge is 0.350 e. The summed E-state index contributed by atoms with van der Waals surface area (Å²) in [6.07, 6.45) is 1.45. The average molecular weight is 270 g/mol. The molecule has 5 nitrogen and oxygen atoms in total. The van der Waals surface area contributed by atoms with Crippen molar-refractivity contribution in [3.05, 3.63) is 15.8 Å². The number of hydrogen-bond acceptors (Lipinski definition) is 5. The third-order valence-electron chi connectivity index (χ3n) is 2.53. The standard InChI is InChI=1S/C12H18N2O3S/c1-4-5-8(13)11(15)14-9-7(2)6-18-10(9)12(16)17-3/h6,8H,4-5,13H2,1-3H3,(H,14,15)/t8-/m1/s1. The van der Waals surface area contributed by atoms with Crippen LogP contribution in [0, 0.1) is 6.92 Å². The summed E-state index contributed by atoms with van der Waals surface area (Å²) in [5.74, 6) is -0.726. The quantitative estimate of drug-likeness (QED) is 0.801. The van der Waals surface area contributed by atoms with Crippen LogP contribution in [0.2, 0.25) is 0 Å². The summed E-state index contributed by atoms with van der Waals surface area (Å²) >= 11 is 1.25. The van der Waals surface area contributed by atoms with Crippen LogP contribution in [0.15, 0.2) is 5.38 Å². The molecule has 100 valence electrons. The fourth-order valence-corrected chi connectivity index (χ4v) is 2.42. The fraction of sp³-hybridized carbons (Fsp3) is 0.500. The van der Waals surface area contributed by atoms with Gasteiger partial charge in [-0.1, -0.05) is 13.3 Å². The minimum Gasteiger partial charge on any atom is -0.465 e. The summed E-state index contributed by atoms with van der Waals surface area (Å²) in [5, 5.41) is 4.50. The second kappa shape index (κ2) is 6.51. The van der Waals surface area contributed by atoms with Gasteiger partial charge in [-0.2, -0.15) is 0 Å². The van der Waals surface area contributed by atoms with Gasteiger partial charge in [0.05, 0.1) is 18.8 Å². The maximum atomic E-state index is 11.8. The average Bonchev–Trinajstić information content (AvgIpc) is 2.70. The third kappa shape index (κ3) is 3.30. The molecule has 0 unspecified atom stereocenters. The number of ether oxygens (including phenoxy) is 1. The summed E-state index contributed by atoms with van der Waals surface area (Å²) in [5.41, 5.74) is 7.06. The Balaban J connectivity index is 2.87. The highest BCUT2D eigenvalue weighted by atomic mass is 32.1. The summed E-state index contributed by atoms with van der Waals surface area (Å²) in [7, 11) is 1.31. The number of nitrogens with two attached hydrogens (primary N) is 1. The monoisotopic (exact) mass is 270 g/mol. The van der Waals surface area contributed by atoms with E-state index >= 15 is 0 Å². The highest BCUT2D eigenvalue weighted by molar-refractivity contribution is 7.12. The molecule has 0 saturated carbocycles. The van der Waals surface area contributed by atoms with Crippen molar-refractivity contribution >= 4 is 28.9 Å². The van der Waals surface area contributed by atoms with E-state index in [9.17, 15) is 9.59 Å². The van der Waals surface area contributed by atoms with E-state index in [1.54, 1.807) is 5.38 Å². The van der Waals surface area contributed by atoms with Crippen molar-refractivity contribution < 1.29 is 14.3 Å². The zero-order chi connectivity index (χ0) is 13.7. The highest BCUT2D eigenvalue weighted by Gasteiger charge is 2.20. The van der Waals surface area contributed by atoms with Crippen LogP contribution in [-0.2, 0) is 9.53 Å². The van der Waals surface area contributed by atoms with Crippen molar-refractivity contribution in [1.82, 2.24) is 0 Å². The Morgan fingerprint density at radius 1 is 1.56 bits per heavy atom. The van der Waals surface area contributed by atoms with Gasteiger partial charge in [0.2, 0.25) is 5.91 Å². The minimum atomic E-state index is -0.556. The van der Waals surface area contributed by atoms with Gasteiger partial charge in [-0.05, 0) is 24.3 Å². The van der Waals surface area contributed by atoms with Crippen LogP contribution in [0.25, 0.3) is 0 Å². The SMILES string of the molecule is CCC[C@@H](N)C(=O)Nc1c(C)csc1C(=O)OC. The van der Waals surface area contributed by atoms with Gasteiger partial charge in [0.25, 0.3) is 0 Å². The molecule has 0 aliphatic carbocycles. The third-order valence-corrected chi connectivity index (χ3v) is 3.61. The minimum absolute atomic E-state index is 0.275. The van der Waals surface area contributed by atoms with Crippen LogP contribution < -0.4 is 11.1 Å². The molecule has 1 heterocycles. The molecule has 1 rings (SSSR count). The molecule has 6 heteroatoms. The van der Waals surface area contributed by atoms with E-state index < -0.39 is 12.0 Å². The maximum Gasteiger partial charge on any atom is 0.350 e. The van der Waals surface area contributed by atoms with Crippen LogP contribution in [0.1, 0.15) is 35.0 Å². The van der Waals surface area contributed by atoms with E-state index in [0.717, 1.165) is 12.0 Å². The predicted molar refractivity (Wildman–Crippen MR) is 71.9 cm³/mol. The molecule has 18 heavy (non-hydrogen) atoms. The Bertz CT molecular complexity index is 443. The molecule has 3 N–H and O–H groups in total. The number of thiophene rings is 1. The largest absolute Gasteiger partial charge is 0.465 e. The van der Waals surface area contributed by atoms with Gasteiger partial charge in [-0.25, -0.2) is 4.79 Å². The number of aryl methyl sites for hydroxylation is 1. The molecule has 0 aliphatic heterocycles. The number of anilines is 1. The summed E-state index contributed by atoms with van der Waals surface area (Å²) in [4.78, 5) is 23.8. The molecule has 0 aliphatic rings. The number of hydrogen-bond donors (Lipinski definition) is 2. The second-order valence-electron chi connectivity index (χ2n) is 4.00. The molecule has 0 radical (unpaired) electrons. The summed E-state index contributed by atoms with van der Waals surface area (Å²) < 4.78 is 4.67. The van der Waals surface area contributed by atoms with Gasteiger partial charge in [-0.15, -0.1) is 11.3 Å². The van der Waals surface area contributed by atoms with Crippen LogP contribution >= 0.6 is 11.3 Å². The molecular formula is C12H18N2O3S. The zero-order valence-corrected chi connectivity index (χ0v) is 11.6. The normalized spacial score (nSPS) is 12.0. The van der Waals surface area contributed by atoms with Gasteiger partial charge in [0, 0.05) is 0 Å². The number of carbonyl (C=O) groups is 2. The number of amides is 1. The maximum absolute atomic E-state index is 11.8. The first-order chi connectivity index (χ1) is 8.51. The lowest BCUT2D eigenvalue weighted by atomic mass is 10.1. The predicted octanol–water partition coefficient (Wildman–Crippen LogP) is 1.91. The van der Waals surface area contributed by atoms with Gasteiger partial charge >= 0.3 is 5.97 Å². The van der Waals surface area contributed by atoms with Gasteiger partial charge in [-0.3, -0.25) is 4.79 Å². The van der Waals surface area contributed by atoms with Crippen molar-refractivity contribution in [3.8, 4) is 0 Å². The van der Waals surface area contributed by atoms with Crippen LogP contribution in [0.5, 0.6) is 0 Å². The first-order valence-electron chi connectivity index (χ1n) is 5.74. The summed E-state index contributed by atoms with van der Waals surface area (Å²) in [6, 6.07) is -0.556. The lowest BCUT2D eigenvalue weighted by Gasteiger charge is -2.12. The topological polar surface area (TPSA) is 81.4 Å². The van der Waals surface area contributed by atoms with E-state index in [1.807, 2.05) is 13.8 Å². The van der Waals surface area contributed by atoms with Crippen LogP contribution in [-0.4, -0.2) is 25.0 Å². The van der Waals surface area contributed by atoms with E-state index in [1.165, 1.54) is 18.4 Å². The first kappa shape index (κ1) is 14.7. The first-order valence-corrected chi connectivity index (χ1v) is 6.62. The van der Waals surface area contributed by atoms with E-state index in [0.29, 0.717) is 17.0 Å². The molecule has 1 aromatic heterocycles. The lowest BCUT2D eigenvalue weighted by molar-refractivity contribution is -0.117. The Kier molecular flexibility index (Phi) is 5.30.